The fourth-order valence-electron chi connectivity index (χ4n) is 2.49. The monoisotopic (exact) mass is 369 g/mol. The third-order valence-electron chi connectivity index (χ3n) is 3.93. The smallest absolute Gasteiger partial charge is 0.344 e. The minimum absolute atomic E-state index is 0.169. The van der Waals surface area contributed by atoms with Gasteiger partial charge >= 0.3 is 5.97 Å². The van der Waals surface area contributed by atoms with Gasteiger partial charge < -0.3 is 13.8 Å². The highest BCUT2D eigenvalue weighted by molar-refractivity contribution is 5.96. The zero-order chi connectivity index (χ0) is 19.4. The van der Waals surface area contributed by atoms with Crippen molar-refractivity contribution < 1.29 is 23.4 Å². The van der Waals surface area contributed by atoms with E-state index in [4.69, 9.17) is 13.8 Å². The molecule has 0 spiro atoms. The Labute approximate surface area is 155 Å². The molecule has 2 aromatic heterocycles. The van der Waals surface area contributed by atoms with E-state index in [1.807, 2.05) is 38.1 Å². The van der Waals surface area contributed by atoms with Crippen molar-refractivity contribution in [3.8, 4) is 11.3 Å². The molecule has 0 bridgehead atoms. The highest BCUT2D eigenvalue weighted by Crippen LogP contribution is 2.22. The lowest BCUT2D eigenvalue weighted by atomic mass is 10.1. The van der Waals surface area contributed by atoms with E-state index in [-0.39, 0.29) is 11.4 Å². The van der Waals surface area contributed by atoms with Gasteiger partial charge in [0.2, 0.25) is 5.88 Å². The van der Waals surface area contributed by atoms with Gasteiger partial charge in [-0.1, -0.05) is 47.1 Å². The zero-order valence-electron chi connectivity index (χ0n) is 15.2. The highest BCUT2D eigenvalue weighted by Gasteiger charge is 2.21. The average Bonchev–Trinajstić information content (AvgIpc) is 3.26. The molecule has 0 fully saturated rings. The molecule has 140 valence electrons. The standard InChI is InChI=1S/C19H19N3O5/c1-4-14-18(12(3)26-21-14)19(24)25-10-16(23)20-17-9-15(22-27-17)13-7-5-11(2)6-8-13/h5-9H,4,10H2,1-3H3,(H,20,23). The topological polar surface area (TPSA) is 107 Å². The van der Waals surface area contributed by atoms with Gasteiger partial charge in [0.15, 0.2) is 6.61 Å². The summed E-state index contributed by atoms with van der Waals surface area (Å²) in [6.07, 6.45) is 0.522. The number of aromatic nitrogens is 2. The summed E-state index contributed by atoms with van der Waals surface area (Å²) in [4.78, 5) is 24.1. The molecule has 0 aliphatic rings. The van der Waals surface area contributed by atoms with Crippen LogP contribution in [-0.2, 0) is 16.0 Å². The summed E-state index contributed by atoms with van der Waals surface area (Å²) in [5.74, 6) is -0.668. The van der Waals surface area contributed by atoms with Gasteiger partial charge in [-0.25, -0.2) is 4.79 Å². The molecule has 8 heteroatoms. The fourth-order valence-corrected chi connectivity index (χ4v) is 2.49. The first kappa shape index (κ1) is 18.4. The second-order valence-corrected chi connectivity index (χ2v) is 5.98. The maximum absolute atomic E-state index is 12.1. The predicted octanol–water partition coefficient (Wildman–Crippen LogP) is 3.30. The van der Waals surface area contributed by atoms with Crippen LogP contribution in [0.3, 0.4) is 0 Å². The number of nitrogens with zero attached hydrogens (tertiary/aromatic N) is 2. The quantitative estimate of drug-likeness (QED) is 0.664. The largest absolute Gasteiger partial charge is 0.452 e. The van der Waals surface area contributed by atoms with Crippen LogP contribution in [0.1, 0.15) is 34.3 Å². The third-order valence-corrected chi connectivity index (χ3v) is 3.93. The number of carbonyl (C=O) groups is 2. The van der Waals surface area contributed by atoms with Crippen molar-refractivity contribution >= 4 is 17.8 Å². The molecule has 0 saturated carbocycles. The number of benzene rings is 1. The number of hydrogen-bond donors (Lipinski definition) is 1. The molecule has 1 aromatic carbocycles. The Bertz CT molecular complexity index is 956. The summed E-state index contributed by atoms with van der Waals surface area (Å²) in [5, 5.41) is 10.2. The minimum atomic E-state index is -0.654. The average molecular weight is 369 g/mol. The molecule has 0 aliphatic heterocycles. The minimum Gasteiger partial charge on any atom is -0.452 e. The first-order valence-corrected chi connectivity index (χ1v) is 8.43. The van der Waals surface area contributed by atoms with Crippen LogP contribution in [0.15, 0.2) is 39.4 Å². The van der Waals surface area contributed by atoms with Crippen molar-refractivity contribution in [2.24, 2.45) is 0 Å². The van der Waals surface area contributed by atoms with Crippen LogP contribution in [-0.4, -0.2) is 28.8 Å². The second-order valence-electron chi connectivity index (χ2n) is 5.98. The first-order valence-electron chi connectivity index (χ1n) is 8.43. The lowest BCUT2D eigenvalue weighted by molar-refractivity contribution is -0.119. The fraction of sp³-hybridized carbons (Fsp3) is 0.263. The van der Waals surface area contributed by atoms with E-state index >= 15 is 0 Å². The van der Waals surface area contributed by atoms with Crippen LogP contribution < -0.4 is 5.32 Å². The molecule has 0 saturated heterocycles. The Balaban J connectivity index is 1.57. The number of hydrogen-bond acceptors (Lipinski definition) is 7. The van der Waals surface area contributed by atoms with E-state index in [1.54, 1.807) is 13.0 Å². The van der Waals surface area contributed by atoms with Gasteiger partial charge in [-0.2, -0.15) is 0 Å². The second kappa shape index (κ2) is 7.86. The molecule has 0 radical (unpaired) electrons. The molecule has 0 unspecified atom stereocenters. The van der Waals surface area contributed by atoms with E-state index in [1.165, 1.54) is 0 Å². The van der Waals surface area contributed by atoms with Crippen LogP contribution in [0.2, 0.25) is 0 Å². The van der Waals surface area contributed by atoms with E-state index < -0.39 is 18.5 Å². The highest BCUT2D eigenvalue weighted by atomic mass is 16.5. The van der Waals surface area contributed by atoms with Gasteiger partial charge in [0.25, 0.3) is 5.91 Å². The Kier molecular flexibility index (Phi) is 5.35. The lowest BCUT2D eigenvalue weighted by Gasteiger charge is -2.04. The number of esters is 1. The molecule has 1 N–H and O–H groups in total. The molecule has 0 aliphatic carbocycles. The van der Waals surface area contributed by atoms with Crippen LogP contribution in [0.5, 0.6) is 0 Å². The molecular formula is C19H19N3O5. The Hall–Kier alpha value is -3.42. The number of carbonyl (C=O) groups excluding carboxylic acids is 2. The molecular weight excluding hydrogens is 350 g/mol. The molecule has 3 rings (SSSR count). The van der Waals surface area contributed by atoms with Crippen molar-refractivity contribution in [2.75, 3.05) is 11.9 Å². The molecule has 8 nitrogen and oxygen atoms in total. The molecule has 2 heterocycles. The molecule has 27 heavy (non-hydrogen) atoms. The van der Waals surface area contributed by atoms with Crippen LogP contribution in [0.4, 0.5) is 5.88 Å². The van der Waals surface area contributed by atoms with Crippen molar-refractivity contribution in [2.45, 2.75) is 27.2 Å². The van der Waals surface area contributed by atoms with E-state index in [0.717, 1.165) is 11.1 Å². The van der Waals surface area contributed by atoms with Crippen molar-refractivity contribution in [3.05, 3.63) is 52.9 Å². The van der Waals surface area contributed by atoms with Crippen molar-refractivity contribution in [3.63, 3.8) is 0 Å². The maximum atomic E-state index is 12.1. The third kappa shape index (κ3) is 4.22. The Morgan fingerprint density at radius 1 is 1.11 bits per heavy atom. The number of amides is 1. The number of ether oxygens (including phenoxy) is 1. The van der Waals surface area contributed by atoms with Gasteiger partial charge in [-0.05, 0) is 20.3 Å². The number of nitrogens with one attached hydrogen (secondary N) is 1. The maximum Gasteiger partial charge on any atom is 0.344 e. The normalized spacial score (nSPS) is 10.6. The molecule has 1 amide bonds. The van der Waals surface area contributed by atoms with Crippen LogP contribution >= 0.6 is 0 Å². The van der Waals surface area contributed by atoms with Crippen molar-refractivity contribution in [1.29, 1.82) is 0 Å². The van der Waals surface area contributed by atoms with Gasteiger partial charge in [0.1, 0.15) is 17.0 Å². The predicted molar refractivity (Wildman–Crippen MR) is 96.2 cm³/mol. The Morgan fingerprint density at radius 2 is 1.85 bits per heavy atom. The summed E-state index contributed by atoms with van der Waals surface area (Å²) in [5.41, 5.74) is 3.34. The summed E-state index contributed by atoms with van der Waals surface area (Å²) >= 11 is 0. The van der Waals surface area contributed by atoms with Gasteiger partial charge in [0, 0.05) is 11.6 Å². The van der Waals surface area contributed by atoms with Crippen LogP contribution in [0, 0.1) is 13.8 Å². The summed E-state index contributed by atoms with van der Waals surface area (Å²) in [7, 11) is 0. The van der Waals surface area contributed by atoms with Crippen LogP contribution in [0.25, 0.3) is 11.3 Å². The zero-order valence-corrected chi connectivity index (χ0v) is 15.2. The summed E-state index contributed by atoms with van der Waals surface area (Å²) < 4.78 is 15.1. The molecule has 3 aromatic rings. The summed E-state index contributed by atoms with van der Waals surface area (Å²) in [6.45, 7) is 4.98. The van der Waals surface area contributed by atoms with Gasteiger partial charge in [-0.15, -0.1) is 0 Å². The molecule has 0 atom stereocenters. The lowest BCUT2D eigenvalue weighted by Crippen LogP contribution is -2.21. The van der Waals surface area contributed by atoms with Crippen molar-refractivity contribution in [1.82, 2.24) is 10.3 Å². The van der Waals surface area contributed by atoms with E-state index in [9.17, 15) is 9.59 Å². The number of anilines is 1. The number of rotatable bonds is 6. The van der Waals surface area contributed by atoms with Gasteiger partial charge in [0.05, 0.1) is 5.69 Å². The van der Waals surface area contributed by atoms with Gasteiger partial charge in [-0.3, -0.25) is 10.1 Å². The summed E-state index contributed by atoms with van der Waals surface area (Å²) in [6, 6.07) is 9.34. The van der Waals surface area contributed by atoms with E-state index in [0.29, 0.717) is 23.6 Å². The Morgan fingerprint density at radius 3 is 2.56 bits per heavy atom. The SMILES string of the molecule is CCc1noc(C)c1C(=O)OCC(=O)Nc1cc(-c2ccc(C)cc2)no1. The number of aryl methyl sites for hydroxylation is 3. The van der Waals surface area contributed by atoms with E-state index in [2.05, 4.69) is 15.6 Å². The first-order chi connectivity index (χ1) is 13.0.